The van der Waals surface area contributed by atoms with Crippen LogP contribution >= 0.6 is 0 Å². The molecule has 1 atom stereocenters. The Morgan fingerprint density at radius 2 is 1.72 bits per heavy atom. The third-order valence-corrected chi connectivity index (χ3v) is 5.73. The molecule has 0 aromatic heterocycles. The molecule has 0 aliphatic carbocycles. The molecule has 0 spiro atoms. The lowest BCUT2D eigenvalue weighted by molar-refractivity contribution is -0.124. The first-order valence-corrected chi connectivity index (χ1v) is 9.79. The number of nitrogens with one attached hydrogen (secondary N) is 2. The first-order chi connectivity index (χ1) is 12.0. The third kappa shape index (κ3) is 4.90. The van der Waals surface area contributed by atoms with Gasteiger partial charge in [-0.25, -0.2) is 13.8 Å². The second-order valence-electron chi connectivity index (χ2n) is 5.95. The molecule has 25 heavy (non-hydrogen) atoms. The number of hydrazone groups is 1. The number of para-hydroxylation sites is 1. The minimum Gasteiger partial charge on any atom is -0.356 e. The van der Waals surface area contributed by atoms with Gasteiger partial charge in [0.25, 0.3) is 0 Å². The number of sulfone groups is 1. The number of nitrogens with zero attached hydrogens (tertiary/aromatic N) is 1. The monoisotopic (exact) mass is 357 g/mol. The molecule has 3 rings (SSSR count). The number of carbonyl (C=O) groups excluding carboxylic acids is 1. The van der Waals surface area contributed by atoms with Gasteiger partial charge in [0.2, 0.25) is 5.91 Å². The highest BCUT2D eigenvalue weighted by Gasteiger charge is 2.32. The molecule has 1 amide bonds. The molecular formula is C18H19N3O3S. The Labute approximate surface area is 146 Å². The van der Waals surface area contributed by atoms with Crippen LogP contribution in [0.4, 0.5) is 11.4 Å². The molecule has 1 aliphatic heterocycles. The zero-order valence-electron chi connectivity index (χ0n) is 13.6. The Kier molecular flexibility index (Phi) is 5.14. The van der Waals surface area contributed by atoms with Crippen molar-refractivity contribution in [1.82, 2.24) is 5.43 Å². The molecule has 1 fully saturated rings. The number of anilines is 2. The van der Waals surface area contributed by atoms with Crippen molar-refractivity contribution >= 4 is 33.3 Å². The van der Waals surface area contributed by atoms with E-state index in [1.807, 2.05) is 54.6 Å². The highest BCUT2D eigenvalue weighted by molar-refractivity contribution is 7.91. The van der Waals surface area contributed by atoms with Gasteiger partial charge in [0.15, 0.2) is 9.84 Å². The largest absolute Gasteiger partial charge is 0.356 e. The van der Waals surface area contributed by atoms with Crippen LogP contribution in [0.3, 0.4) is 0 Å². The van der Waals surface area contributed by atoms with Crippen LogP contribution in [-0.4, -0.2) is 32.0 Å². The normalized spacial score (nSPS) is 19.0. The van der Waals surface area contributed by atoms with Crippen molar-refractivity contribution in [2.45, 2.75) is 6.42 Å². The van der Waals surface area contributed by atoms with E-state index in [2.05, 4.69) is 15.8 Å². The van der Waals surface area contributed by atoms with Crippen molar-refractivity contribution in [3.63, 3.8) is 0 Å². The highest BCUT2D eigenvalue weighted by Crippen LogP contribution is 2.18. The predicted octanol–water partition coefficient (Wildman–Crippen LogP) is 2.32. The molecule has 130 valence electrons. The van der Waals surface area contributed by atoms with Gasteiger partial charge in [-0.15, -0.1) is 0 Å². The minimum absolute atomic E-state index is 0.0741. The number of amides is 1. The quantitative estimate of drug-likeness (QED) is 0.635. The van der Waals surface area contributed by atoms with Gasteiger partial charge in [-0.1, -0.05) is 30.3 Å². The van der Waals surface area contributed by atoms with Gasteiger partial charge in [0, 0.05) is 11.4 Å². The van der Waals surface area contributed by atoms with Gasteiger partial charge in [0.05, 0.1) is 23.6 Å². The topological polar surface area (TPSA) is 87.6 Å². The molecule has 2 aromatic rings. The standard InChI is InChI=1S/C18H19N3O3S/c22-18(15-10-11-25(23,24)13-15)21-19-12-14-6-8-17(9-7-14)20-16-4-2-1-3-5-16/h1-9,12,15,20H,10-11,13H2,(H,21,22)/b19-12-/t15-/m1/s1. The van der Waals surface area contributed by atoms with Gasteiger partial charge in [0.1, 0.15) is 0 Å². The fraction of sp³-hybridized carbons (Fsp3) is 0.222. The summed E-state index contributed by atoms with van der Waals surface area (Å²) in [6.07, 6.45) is 1.90. The van der Waals surface area contributed by atoms with E-state index in [9.17, 15) is 13.2 Å². The number of benzene rings is 2. The van der Waals surface area contributed by atoms with Crippen molar-refractivity contribution in [3.05, 3.63) is 60.2 Å². The number of rotatable bonds is 5. The van der Waals surface area contributed by atoms with Crippen LogP contribution in [-0.2, 0) is 14.6 Å². The summed E-state index contributed by atoms with van der Waals surface area (Å²) in [6.45, 7) is 0. The predicted molar refractivity (Wildman–Crippen MR) is 98.7 cm³/mol. The van der Waals surface area contributed by atoms with Crippen LogP contribution in [0.15, 0.2) is 59.7 Å². The molecule has 7 heteroatoms. The molecule has 2 aromatic carbocycles. The minimum atomic E-state index is -3.07. The average Bonchev–Trinajstić information content (AvgIpc) is 2.97. The first kappa shape index (κ1) is 17.2. The summed E-state index contributed by atoms with van der Waals surface area (Å²) in [5, 5.41) is 7.19. The smallest absolute Gasteiger partial charge is 0.244 e. The van der Waals surface area contributed by atoms with Crippen molar-refractivity contribution in [2.75, 3.05) is 16.8 Å². The first-order valence-electron chi connectivity index (χ1n) is 7.97. The average molecular weight is 357 g/mol. The van der Waals surface area contributed by atoms with Gasteiger partial charge in [-0.05, 0) is 36.2 Å². The van der Waals surface area contributed by atoms with Crippen LogP contribution in [0, 0.1) is 5.92 Å². The van der Waals surface area contributed by atoms with E-state index >= 15 is 0 Å². The molecule has 1 saturated heterocycles. The zero-order valence-corrected chi connectivity index (χ0v) is 14.4. The summed E-state index contributed by atoms with van der Waals surface area (Å²) < 4.78 is 22.8. The maximum atomic E-state index is 11.9. The molecule has 6 nitrogen and oxygen atoms in total. The molecule has 1 aliphatic rings. The van der Waals surface area contributed by atoms with Crippen LogP contribution in [0.25, 0.3) is 0 Å². The summed E-state index contributed by atoms with van der Waals surface area (Å²) in [4.78, 5) is 11.9. The van der Waals surface area contributed by atoms with Gasteiger partial charge in [-0.3, -0.25) is 4.79 Å². The van der Waals surface area contributed by atoms with E-state index in [0.29, 0.717) is 6.42 Å². The van der Waals surface area contributed by atoms with Crippen LogP contribution in [0.2, 0.25) is 0 Å². The molecule has 0 unspecified atom stereocenters. The van der Waals surface area contributed by atoms with E-state index in [4.69, 9.17) is 0 Å². The van der Waals surface area contributed by atoms with Gasteiger partial charge in [-0.2, -0.15) is 5.10 Å². The summed E-state index contributed by atoms with van der Waals surface area (Å²) in [7, 11) is -3.07. The second kappa shape index (κ2) is 7.48. The molecule has 2 N–H and O–H groups in total. The van der Waals surface area contributed by atoms with E-state index in [1.165, 1.54) is 6.21 Å². The Balaban J connectivity index is 1.53. The van der Waals surface area contributed by atoms with Crippen LogP contribution < -0.4 is 10.7 Å². The van der Waals surface area contributed by atoms with Crippen molar-refractivity contribution in [1.29, 1.82) is 0 Å². The van der Waals surface area contributed by atoms with Crippen molar-refractivity contribution in [3.8, 4) is 0 Å². The van der Waals surface area contributed by atoms with Crippen LogP contribution in [0.5, 0.6) is 0 Å². The van der Waals surface area contributed by atoms with E-state index in [-0.39, 0.29) is 17.4 Å². The van der Waals surface area contributed by atoms with Crippen LogP contribution in [0.1, 0.15) is 12.0 Å². The molecule has 0 radical (unpaired) electrons. The fourth-order valence-electron chi connectivity index (χ4n) is 2.60. The van der Waals surface area contributed by atoms with E-state index in [1.54, 1.807) is 0 Å². The van der Waals surface area contributed by atoms with Gasteiger partial charge >= 0.3 is 0 Å². The maximum absolute atomic E-state index is 11.9. The molecular weight excluding hydrogens is 338 g/mol. The molecule has 0 saturated carbocycles. The number of hydrogen-bond acceptors (Lipinski definition) is 5. The van der Waals surface area contributed by atoms with Crippen molar-refractivity contribution < 1.29 is 13.2 Å². The molecule has 0 bridgehead atoms. The van der Waals surface area contributed by atoms with E-state index < -0.39 is 15.8 Å². The Bertz CT molecular complexity index is 862. The summed E-state index contributed by atoms with van der Waals surface area (Å²) >= 11 is 0. The van der Waals surface area contributed by atoms with E-state index in [0.717, 1.165) is 16.9 Å². The summed E-state index contributed by atoms with van der Waals surface area (Å²) in [5.74, 6) is -0.863. The highest BCUT2D eigenvalue weighted by atomic mass is 32.2. The SMILES string of the molecule is O=C(N/N=C\c1ccc(Nc2ccccc2)cc1)[C@@H]1CCS(=O)(=O)C1. The number of hydrogen-bond donors (Lipinski definition) is 2. The maximum Gasteiger partial charge on any atom is 0.244 e. The number of carbonyl (C=O) groups is 1. The lowest BCUT2D eigenvalue weighted by atomic mass is 10.1. The molecule has 1 heterocycles. The Hall–Kier alpha value is -2.67. The Morgan fingerprint density at radius 1 is 1.04 bits per heavy atom. The summed E-state index contributed by atoms with van der Waals surface area (Å²) in [6, 6.07) is 17.4. The van der Waals surface area contributed by atoms with Crippen molar-refractivity contribution in [2.24, 2.45) is 11.0 Å². The lowest BCUT2D eigenvalue weighted by Crippen LogP contribution is -2.27. The Morgan fingerprint density at radius 3 is 2.36 bits per heavy atom. The zero-order chi connectivity index (χ0) is 17.7. The van der Waals surface area contributed by atoms with Gasteiger partial charge < -0.3 is 5.32 Å². The fourth-order valence-corrected chi connectivity index (χ4v) is 4.35. The summed E-state index contributed by atoms with van der Waals surface area (Å²) in [5.41, 5.74) is 5.20. The third-order valence-electron chi connectivity index (χ3n) is 3.96. The second-order valence-corrected chi connectivity index (χ2v) is 8.18. The lowest BCUT2D eigenvalue weighted by Gasteiger charge is -2.06.